The molecular weight excluding hydrogens is 632 g/mol. The number of nitrogens with zero attached hydrogens (tertiary/aromatic N) is 4. The molecule has 45 heavy (non-hydrogen) atoms. The zero-order chi connectivity index (χ0) is 33.6. The first-order valence-corrected chi connectivity index (χ1v) is 16.3. The molecule has 0 spiro atoms. The number of aromatic nitrogens is 3. The fourth-order valence-electron chi connectivity index (χ4n) is 4.76. The Labute approximate surface area is 259 Å². The second kappa shape index (κ2) is 18.4. The van der Waals surface area contributed by atoms with Gasteiger partial charge in [-0.25, -0.2) is 17.4 Å². The van der Waals surface area contributed by atoms with Gasteiger partial charge in [-0.15, -0.1) is 10.2 Å². The Morgan fingerprint density at radius 3 is 2.11 bits per heavy atom. The molecule has 1 aromatic carbocycles. The molecular formula is C28H41F6N5O5S. The lowest BCUT2D eigenvalue weighted by Gasteiger charge is -2.29. The van der Waals surface area contributed by atoms with Crippen LogP contribution in [0, 0.1) is 17.5 Å². The van der Waals surface area contributed by atoms with Gasteiger partial charge in [0.25, 0.3) is 0 Å². The van der Waals surface area contributed by atoms with Gasteiger partial charge in [0, 0.05) is 31.6 Å². The van der Waals surface area contributed by atoms with E-state index >= 15 is 0 Å². The molecule has 0 aliphatic carbocycles. The third-order valence-corrected chi connectivity index (χ3v) is 7.56. The molecule has 1 amide bonds. The first kappa shape index (κ1) is 38.4. The number of hydrogen-bond acceptors (Lipinski definition) is 7. The molecule has 0 saturated carbocycles. The number of carbonyl (C=O) groups is 1. The number of unbranched alkanes of at least 4 members (excludes halogenated alkanes) is 9. The molecule has 256 valence electrons. The summed E-state index contributed by atoms with van der Waals surface area (Å²) in [6.07, 6.45) is 6.74. The molecule has 1 aromatic heterocycles. The standard InChI is InChI=1S/C16H15F6N5O.C12H26O4S/c17-10-6-12(19)11(18)4-8(10)3-9(23)5-14(28)26-1-2-27-13(7-26)24-25-15(27)16(20,21)22;1-2-3-4-5-6-7-8-9-10-11-12-16-17(13,14)15/h4,6,9H,1-3,5,7,23H2;2-12H2,1H3,(H,13,14,15)/t9-;/m1./s1. The second-order valence-corrected chi connectivity index (χ2v) is 12.0. The van der Waals surface area contributed by atoms with Crippen molar-refractivity contribution in [3.63, 3.8) is 0 Å². The van der Waals surface area contributed by atoms with Gasteiger partial charge < -0.3 is 15.2 Å². The zero-order valence-corrected chi connectivity index (χ0v) is 26.0. The van der Waals surface area contributed by atoms with Crippen molar-refractivity contribution in [2.45, 2.75) is 109 Å². The van der Waals surface area contributed by atoms with Crippen molar-refractivity contribution >= 4 is 16.3 Å². The Kier molecular flexibility index (Phi) is 15.7. The number of rotatable bonds is 16. The Morgan fingerprint density at radius 1 is 0.956 bits per heavy atom. The topological polar surface area (TPSA) is 141 Å². The highest BCUT2D eigenvalue weighted by atomic mass is 32.3. The van der Waals surface area contributed by atoms with Crippen LogP contribution in [-0.2, 0) is 45.1 Å². The largest absolute Gasteiger partial charge is 0.451 e. The van der Waals surface area contributed by atoms with E-state index in [-0.39, 0.29) is 50.5 Å². The highest BCUT2D eigenvalue weighted by molar-refractivity contribution is 7.80. The predicted octanol–water partition coefficient (Wildman–Crippen LogP) is 5.74. The average molecular weight is 674 g/mol. The molecule has 10 nitrogen and oxygen atoms in total. The van der Waals surface area contributed by atoms with E-state index in [0.29, 0.717) is 18.6 Å². The third kappa shape index (κ3) is 14.0. The highest BCUT2D eigenvalue weighted by Gasteiger charge is 2.40. The van der Waals surface area contributed by atoms with Gasteiger partial charge in [0.2, 0.25) is 11.7 Å². The van der Waals surface area contributed by atoms with Gasteiger partial charge in [0.1, 0.15) is 5.82 Å². The first-order valence-electron chi connectivity index (χ1n) is 14.9. The van der Waals surface area contributed by atoms with Crippen molar-refractivity contribution in [2.24, 2.45) is 5.73 Å². The summed E-state index contributed by atoms with van der Waals surface area (Å²) in [5.41, 5.74) is 5.64. The highest BCUT2D eigenvalue weighted by Crippen LogP contribution is 2.29. The Morgan fingerprint density at radius 2 is 1.53 bits per heavy atom. The number of fused-ring (bicyclic) bond motifs is 1. The first-order chi connectivity index (χ1) is 21.1. The maximum absolute atomic E-state index is 13.7. The Balaban J connectivity index is 0.000000358. The molecule has 17 heteroatoms. The van der Waals surface area contributed by atoms with Gasteiger partial charge >= 0.3 is 16.6 Å². The number of benzene rings is 1. The molecule has 3 rings (SSSR count). The van der Waals surface area contributed by atoms with Crippen molar-refractivity contribution in [3.8, 4) is 0 Å². The lowest BCUT2D eigenvalue weighted by molar-refractivity contribution is -0.148. The fraction of sp³-hybridized carbons (Fsp3) is 0.679. The van der Waals surface area contributed by atoms with E-state index in [9.17, 15) is 39.6 Å². The number of hydrogen-bond donors (Lipinski definition) is 2. The smallest absolute Gasteiger partial charge is 0.333 e. The Bertz CT molecular complexity index is 1330. The summed E-state index contributed by atoms with van der Waals surface area (Å²) in [7, 11) is -4.23. The van der Waals surface area contributed by atoms with Gasteiger partial charge in [-0.1, -0.05) is 64.7 Å². The van der Waals surface area contributed by atoms with Gasteiger partial charge in [0.05, 0.1) is 13.2 Å². The fourth-order valence-corrected chi connectivity index (χ4v) is 5.09. The normalized spacial score (nSPS) is 14.1. The van der Waals surface area contributed by atoms with Crippen molar-refractivity contribution in [1.82, 2.24) is 19.7 Å². The Hall–Kier alpha value is -2.76. The third-order valence-electron chi connectivity index (χ3n) is 7.10. The van der Waals surface area contributed by atoms with E-state index < -0.39 is 51.8 Å². The van der Waals surface area contributed by atoms with E-state index in [1.54, 1.807) is 0 Å². The van der Waals surface area contributed by atoms with E-state index in [1.165, 1.54) is 49.8 Å². The SMILES string of the molecule is CCCCCCCCCCCCOS(=O)(=O)O.N[C@@H](CC(=O)N1CCn2c(nnc2C(F)(F)F)C1)Cc1cc(F)c(F)cc1F. The maximum Gasteiger partial charge on any atom is 0.451 e. The van der Waals surface area contributed by atoms with Crippen LogP contribution in [0.4, 0.5) is 26.3 Å². The van der Waals surface area contributed by atoms with Crippen LogP contribution in [0.3, 0.4) is 0 Å². The molecule has 3 N–H and O–H groups in total. The van der Waals surface area contributed by atoms with Crippen LogP contribution < -0.4 is 5.73 Å². The molecule has 2 heterocycles. The minimum Gasteiger partial charge on any atom is -0.333 e. The minimum absolute atomic E-state index is 0.000783. The number of nitrogens with two attached hydrogens (primary N) is 1. The number of carbonyl (C=O) groups excluding carboxylic acids is 1. The molecule has 0 fully saturated rings. The van der Waals surface area contributed by atoms with Crippen LogP contribution in [0.1, 0.15) is 94.8 Å². The second-order valence-electron chi connectivity index (χ2n) is 10.9. The molecule has 1 aliphatic rings. The van der Waals surface area contributed by atoms with Crippen molar-refractivity contribution < 1.29 is 48.3 Å². The van der Waals surface area contributed by atoms with Crippen molar-refractivity contribution in [3.05, 3.63) is 46.8 Å². The number of halogens is 6. The minimum atomic E-state index is -4.64. The van der Waals surface area contributed by atoms with Crippen LogP contribution in [0.2, 0.25) is 0 Å². The summed E-state index contributed by atoms with van der Waals surface area (Å²) in [6.45, 7) is 2.01. The van der Waals surface area contributed by atoms with Gasteiger partial charge in [-0.05, 0) is 24.5 Å². The molecule has 2 aromatic rings. The molecule has 0 saturated heterocycles. The molecule has 0 bridgehead atoms. The van der Waals surface area contributed by atoms with E-state index in [0.717, 1.165) is 17.4 Å². The van der Waals surface area contributed by atoms with Gasteiger partial charge in [0.15, 0.2) is 17.5 Å². The summed E-state index contributed by atoms with van der Waals surface area (Å²) in [5.74, 6) is -5.15. The van der Waals surface area contributed by atoms with Crippen LogP contribution in [0.25, 0.3) is 0 Å². The van der Waals surface area contributed by atoms with Crippen LogP contribution in [-0.4, -0.2) is 57.7 Å². The molecule has 0 radical (unpaired) electrons. The number of amides is 1. The molecule has 0 unspecified atom stereocenters. The quantitative estimate of drug-likeness (QED) is 0.0995. The summed E-state index contributed by atoms with van der Waals surface area (Å²) in [6, 6.07) is 0.184. The van der Waals surface area contributed by atoms with E-state index in [2.05, 4.69) is 21.3 Å². The zero-order valence-electron chi connectivity index (χ0n) is 25.2. The van der Waals surface area contributed by atoms with Crippen molar-refractivity contribution in [1.29, 1.82) is 0 Å². The van der Waals surface area contributed by atoms with Gasteiger partial charge in [-0.3, -0.25) is 9.35 Å². The lowest BCUT2D eigenvalue weighted by atomic mass is 10.0. The van der Waals surface area contributed by atoms with Crippen LogP contribution >= 0.6 is 0 Å². The summed E-state index contributed by atoms with van der Waals surface area (Å²) < 4.78 is 112. The summed E-state index contributed by atoms with van der Waals surface area (Å²) in [4.78, 5) is 13.6. The summed E-state index contributed by atoms with van der Waals surface area (Å²) >= 11 is 0. The van der Waals surface area contributed by atoms with Crippen LogP contribution in [0.15, 0.2) is 12.1 Å². The van der Waals surface area contributed by atoms with E-state index in [1.807, 2.05) is 0 Å². The summed E-state index contributed by atoms with van der Waals surface area (Å²) in [5, 5.41) is 6.60. The van der Waals surface area contributed by atoms with Crippen LogP contribution in [0.5, 0.6) is 0 Å². The monoisotopic (exact) mass is 673 g/mol. The van der Waals surface area contributed by atoms with Crippen molar-refractivity contribution in [2.75, 3.05) is 13.2 Å². The lowest BCUT2D eigenvalue weighted by Crippen LogP contribution is -2.42. The average Bonchev–Trinajstić information content (AvgIpc) is 3.39. The van der Waals surface area contributed by atoms with Gasteiger partial charge in [-0.2, -0.15) is 21.6 Å². The predicted molar refractivity (Wildman–Crippen MR) is 152 cm³/mol. The molecule has 1 aliphatic heterocycles. The number of alkyl halides is 3. The van der Waals surface area contributed by atoms with E-state index in [4.69, 9.17) is 10.3 Å². The maximum atomic E-state index is 13.7. The molecule has 1 atom stereocenters.